The minimum absolute atomic E-state index is 0.105. The Morgan fingerprint density at radius 3 is 2.23 bits per heavy atom. The molecule has 116 valence electrons. The molecule has 0 heterocycles. The van der Waals surface area contributed by atoms with Crippen LogP contribution in [0.3, 0.4) is 0 Å². The zero-order chi connectivity index (χ0) is 16.2. The predicted molar refractivity (Wildman–Crippen MR) is 87.3 cm³/mol. The quantitative estimate of drug-likeness (QED) is 0.905. The van der Waals surface area contributed by atoms with Gasteiger partial charge >= 0.3 is 5.97 Å². The van der Waals surface area contributed by atoms with Gasteiger partial charge < -0.3 is 9.84 Å². The summed E-state index contributed by atoms with van der Waals surface area (Å²) in [5.74, 6) is -0.314. The molecule has 2 aromatic carbocycles. The average Bonchev–Trinajstić information content (AvgIpc) is 2.47. The third-order valence-corrected chi connectivity index (χ3v) is 3.50. The van der Waals surface area contributed by atoms with Crippen LogP contribution >= 0.6 is 0 Å². The van der Waals surface area contributed by atoms with Crippen LogP contribution in [0.15, 0.2) is 54.6 Å². The Morgan fingerprint density at radius 1 is 1.05 bits per heavy atom. The molecular formula is C19H22O3. The van der Waals surface area contributed by atoms with Crippen LogP contribution < -0.4 is 4.74 Å². The molecule has 1 atom stereocenters. The molecule has 0 aromatic heterocycles. The second-order valence-corrected chi connectivity index (χ2v) is 6.38. The third kappa shape index (κ3) is 4.10. The number of aliphatic carboxylic acids is 1. The van der Waals surface area contributed by atoms with Crippen LogP contribution in [0.25, 0.3) is 0 Å². The average molecular weight is 298 g/mol. The fourth-order valence-electron chi connectivity index (χ4n) is 2.35. The monoisotopic (exact) mass is 298 g/mol. The molecule has 0 amide bonds. The van der Waals surface area contributed by atoms with E-state index >= 15 is 0 Å². The van der Waals surface area contributed by atoms with Gasteiger partial charge in [0.15, 0.2) is 6.10 Å². The van der Waals surface area contributed by atoms with Crippen LogP contribution in [0.1, 0.15) is 31.9 Å². The van der Waals surface area contributed by atoms with Crippen molar-refractivity contribution in [2.45, 2.75) is 38.7 Å². The highest BCUT2D eigenvalue weighted by Gasteiger charge is 2.24. The second kappa shape index (κ2) is 6.65. The predicted octanol–water partition coefficient (Wildman–Crippen LogP) is 4.06. The molecule has 3 heteroatoms. The van der Waals surface area contributed by atoms with E-state index < -0.39 is 12.1 Å². The molecule has 0 aliphatic carbocycles. The zero-order valence-corrected chi connectivity index (χ0v) is 13.2. The minimum Gasteiger partial charge on any atom is -0.478 e. The van der Waals surface area contributed by atoms with E-state index in [1.54, 1.807) is 0 Å². The summed E-state index contributed by atoms with van der Waals surface area (Å²) < 4.78 is 5.84. The molecular weight excluding hydrogens is 276 g/mol. The number of hydrogen-bond donors (Lipinski definition) is 1. The van der Waals surface area contributed by atoms with E-state index in [9.17, 15) is 9.90 Å². The highest BCUT2D eigenvalue weighted by atomic mass is 16.5. The minimum atomic E-state index is -0.951. The van der Waals surface area contributed by atoms with E-state index in [-0.39, 0.29) is 5.41 Å². The largest absolute Gasteiger partial charge is 0.478 e. The van der Waals surface area contributed by atoms with Gasteiger partial charge in [0.2, 0.25) is 0 Å². The molecule has 22 heavy (non-hydrogen) atoms. The molecule has 0 spiro atoms. The number of carbonyl (C=O) groups is 1. The van der Waals surface area contributed by atoms with E-state index in [2.05, 4.69) is 20.8 Å². The van der Waals surface area contributed by atoms with E-state index in [1.807, 2.05) is 54.6 Å². The Morgan fingerprint density at radius 2 is 1.64 bits per heavy atom. The first kappa shape index (κ1) is 16.1. The first-order valence-corrected chi connectivity index (χ1v) is 7.41. The Hall–Kier alpha value is -2.29. The van der Waals surface area contributed by atoms with Crippen LogP contribution in [-0.4, -0.2) is 17.2 Å². The van der Waals surface area contributed by atoms with E-state index in [0.29, 0.717) is 12.2 Å². The zero-order valence-electron chi connectivity index (χ0n) is 13.2. The lowest BCUT2D eigenvalue weighted by atomic mass is 9.86. The lowest BCUT2D eigenvalue weighted by Gasteiger charge is -2.24. The van der Waals surface area contributed by atoms with Crippen molar-refractivity contribution < 1.29 is 14.6 Å². The van der Waals surface area contributed by atoms with Crippen molar-refractivity contribution in [1.29, 1.82) is 0 Å². The third-order valence-electron chi connectivity index (χ3n) is 3.50. The normalized spacial score (nSPS) is 12.7. The smallest absolute Gasteiger partial charge is 0.345 e. The van der Waals surface area contributed by atoms with Crippen LogP contribution in [0.5, 0.6) is 5.75 Å². The number of hydrogen-bond acceptors (Lipinski definition) is 2. The van der Waals surface area contributed by atoms with Gasteiger partial charge in [-0.3, -0.25) is 0 Å². The molecule has 0 radical (unpaired) electrons. The van der Waals surface area contributed by atoms with Crippen LogP contribution in [0.2, 0.25) is 0 Å². The molecule has 0 saturated heterocycles. The van der Waals surface area contributed by atoms with E-state index in [4.69, 9.17) is 4.74 Å². The summed E-state index contributed by atoms with van der Waals surface area (Å²) in [6.45, 7) is 6.26. The summed E-state index contributed by atoms with van der Waals surface area (Å²) in [6.07, 6.45) is -0.555. The number of benzene rings is 2. The summed E-state index contributed by atoms with van der Waals surface area (Å²) >= 11 is 0. The topological polar surface area (TPSA) is 46.5 Å². The lowest BCUT2D eigenvalue weighted by molar-refractivity contribution is -0.145. The van der Waals surface area contributed by atoms with Crippen molar-refractivity contribution in [2.75, 3.05) is 0 Å². The van der Waals surface area contributed by atoms with Gasteiger partial charge in [0.25, 0.3) is 0 Å². The van der Waals surface area contributed by atoms with Gasteiger partial charge in [-0.15, -0.1) is 0 Å². The second-order valence-electron chi connectivity index (χ2n) is 6.38. The fourth-order valence-corrected chi connectivity index (χ4v) is 2.35. The molecule has 0 aliphatic rings. The molecule has 0 saturated carbocycles. The maximum atomic E-state index is 11.5. The van der Waals surface area contributed by atoms with Crippen molar-refractivity contribution in [3.8, 4) is 5.75 Å². The van der Waals surface area contributed by atoms with Gasteiger partial charge in [-0.05, 0) is 22.6 Å². The highest BCUT2D eigenvalue weighted by molar-refractivity contribution is 5.73. The SMILES string of the molecule is CC(C)(C)c1ccccc1OC(Cc1ccccc1)C(=O)O. The highest BCUT2D eigenvalue weighted by Crippen LogP contribution is 2.31. The molecule has 2 aromatic rings. The van der Waals surface area contributed by atoms with Crippen molar-refractivity contribution >= 4 is 5.97 Å². The number of rotatable bonds is 5. The Balaban J connectivity index is 2.24. The first-order valence-electron chi connectivity index (χ1n) is 7.41. The number of ether oxygens (including phenoxy) is 1. The molecule has 0 fully saturated rings. The van der Waals surface area contributed by atoms with Crippen LogP contribution in [0.4, 0.5) is 0 Å². The maximum Gasteiger partial charge on any atom is 0.345 e. The molecule has 0 bridgehead atoms. The number of carboxylic acid groups (broad SMARTS) is 1. The first-order chi connectivity index (χ1) is 10.4. The standard InChI is InChI=1S/C19H22O3/c1-19(2,3)15-11-7-8-12-16(15)22-17(18(20)21)13-14-9-5-4-6-10-14/h4-12,17H,13H2,1-3H3,(H,20,21). The van der Waals surface area contributed by atoms with Gasteiger partial charge in [0, 0.05) is 6.42 Å². The maximum absolute atomic E-state index is 11.5. The van der Waals surface area contributed by atoms with Crippen molar-refractivity contribution in [1.82, 2.24) is 0 Å². The van der Waals surface area contributed by atoms with E-state index in [1.165, 1.54) is 0 Å². The summed E-state index contributed by atoms with van der Waals surface area (Å²) in [6, 6.07) is 17.2. The molecule has 0 aliphatic heterocycles. The van der Waals surface area contributed by atoms with Crippen LogP contribution in [-0.2, 0) is 16.6 Å². The van der Waals surface area contributed by atoms with E-state index in [0.717, 1.165) is 11.1 Å². The van der Waals surface area contributed by atoms with Crippen molar-refractivity contribution in [3.63, 3.8) is 0 Å². The van der Waals surface area contributed by atoms with Gasteiger partial charge in [0.1, 0.15) is 5.75 Å². The lowest BCUT2D eigenvalue weighted by Crippen LogP contribution is -2.30. The Kier molecular flexibility index (Phi) is 4.86. The summed E-state index contributed by atoms with van der Waals surface area (Å²) in [5, 5.41) is 9.46. The summed E-state index contributed by atoms with van der Waals surface area (Å²) in [5.41, 5.74) is 1.85. The molecule has 1 N–H and O–H groups in total. The van der Waals surface area contributed by atoms with Gasteiger partial charge in [-0.25, -0.2) is 4.79 Å². The number of para-hydroxylation sites is 1. The van der Waals surface area contributed by atoms with Gasteiger partial charge in [-0.1, -0.05) is 69.3 Å². The summed E-state index contributed by atoms with van der Waals surface area (Å²) in [7, 11) is 0. The molecule has 1 unspecified atom stereocenters. The number of carboxylic acids is 1. The van der Waals surface area contributed by atoms with Gasteiger partial charge in [0.05, 0.1) is 0 Å². The fraction of sp³-hybridized carbons (Fsp3) is 0.316. The van der Waals surface area contributed by atoms with Crippen LogP contribution in [0, 0.1) is 0 Å². The summed E-state index contributed by atoms with van der Waals surface area (Å²) in [4.78, 5) is 11.5. The molecule has 3 nitrogen and oxygen atoms in total. The Labute approximate surface area is 131 Å². The van der Waals surface area contributed by atoms with Crippen molar-refractivity contribution in [3.05, 3.63) is 65.7 Å². The Bertz CT molecular complexity index is 627. The van der Waals surface area contributed by atoms with Gasteiger partial charge in [-0.2, -0.15) is 0 Å². The van der Waals surface area contributed by atoms with Crippen molar-refractivity contribution in [2.24, 2.45) is 0 Å². The molecule has 2 rings (SSSR count).